The molecule has 5 heteroatoms. The molecule has 0 fully saturated rings. The number of rotatable bonds is 3. The first-order valence-electron chi connectivity index (χ1n) is 7.11. The maximum atomic E-state index is 12.1. The quantitative estimate of drug-likeness (QED) is 0.699. The lowest BCUT2D eigenvalue weighted by atomic mass is 10.2. The van der Waals surface area contributed by atoms with Gasteiger partial charge in [-0.1, -0.05) is 30.3 Å². The highest BCUT2D eigenvalue weighted by Crippen LogP contribution is 2.30. The zero-order valence-electron chi connectivity index (χ0n) is 12.0. The lowest BCUT2D eigenvalue weighted by Gasteiger charge is -2.08. The van der Waals surface area contributed by atoms with Gasteiger partial charge in [0, 0.05) is 12.0 Å². The van der Waals surface area contributed by atoms with Gasteiger partial charge in [-0.15, -0.1) is 0 Å². The fraction of sp³-hybridized carbons (Fsp3) is 0.176. The van der Waals surface area contributed by atoms with Crippen molar-refractivity contribution in [2.24, 2.45) is 5.10 Å². The number of hydrogen-bond donors (Lipinski definition) is 1. The topological polar surface area (TPSA) is 59.9 Å². The number of fused-ring (bicyclic) bond motifs is 1. The van der Waals surface area contributed by atoms with Crippen LogP contribution in [0, 0.1) is 0 Å². The number of hydrogen-bond acceptors (Lipinski definition) is 4. The first kappa shape index (κ1) is 14.1. The summed E-state index contributed by atoms with van der Waals surface area (Å²) in [5.74, 6) is 0.974. The smallest absolute Gasteiger partial charge is 0.271 e. The van der Waals surface area contributed by atoms with Crippen LogP contribution in [0.3, 0.4) is 0 Å². The van der Waals surface area contributed by atoms with E-state index in [1.165, 1.54) is 0 Å². The Morgan fingerprint density at radius 3 is 2.64 bits per heavy atom. The number of hydrazone groups is 1. The second kappa shape index (κ2) is 6.76. The maximum Gasteiger partial charge on any atom is 0.271 e. The van der Waals surface area contributed by atoms with Crippen LogP contribution in [0.5, 0.6) is 11.5 Å². The first-order valence-corrected chi connectivity index (χ1v) is 7.11. The van der Waals surface area contributed by atoms with E-state index in [0.29, 0.717) is 30.3 Å². The summed E-state index contributed by atoms with van der Waals surface area (Å²) in [6.07, 6.45) is 2.43. The molecule has 2 aromatic rings. The standard InChI is InChI=1S/C17H16N2O3/c20-17(19-18-12-13-5-2-1-3-6-13)14-7-8-15-16(11-14)22-10-4-9-21-15/h1-3,5-8,11-12H,4,9-10H2,(H,19,20)/b18-12+. The molecule has 0 unspecified atom stereocenters. The summed E-state index contributed by atoms with van der Waals surface area (Å²) < 4.78 is 11.1. The molecule has 1 aliphatic rings. The molecule has 1 amide bonds. The van der Waals surface area contributed by atoms with Crippen molar-refractivity contribution in [1.82, 2.24) is 5.43 Å². The van der Waals surface area contributed by atoms with Crippen molar-refractivity contribution in [3.05, 3.63) is 59.7 Å². The summed E-state index contributed by atoms with van der Waals surface area (Å²) in [7, 11) is 0. The largest absolute Gasteiger partial charge is 0.490 e. The predicted molar refractivity (Wildman–Crippen MR) is 83.6 cm³/mol. The average molecular weight is 296 g/mol. The summed E-state index contributed by atoms with van der Waals surface area (Å²) in [6, 6.07) is 14.7. The molecule has 1 aliphatic heterocycles. The number of ether oxygens (including phenoxy) is 2. The van der Waals surface area contributed by atoms with Crippen molar-refractivity contribution in [3.63, 3.8) is 0 Å². The van der Waals surface area contributed by atoms with Crippen molar-refractivity contribution in [1.29, 1.82) is 0 Å². The van der Waals surface area contributed by atoms with Gasteiger partial charge >= 0.3 is 0 Å². The maximum absolute atomic E-state index is 12.1. The monoisotopic (exact) mass is 296 g/mol. The fourth-order valence-electron chi connectivity index (χ4n) is 2.07. The molecule has 0 radical (unpaired) electrons. The highest BCUT2D eigenvalue weighted by Gasteiger charge is 2.13. The van der Waals surface area contributed by atoms with Gasteiger partial charge in [-0.2, -0.15) is 5.10 Å². The number of amides is 1. The molecule has 22 heavy (non-hydrogen) atoms. The Morgan fingerprint density at radius 1 is 1.05 bits per heavy atom. The van der Waals surface area contributed by atoms with E-state index >= 15 is 0 Å². The number of nitrogens with zero attached hydrogens (tertiary/aromatic N) is 1. The summed E-state index contributed by atoms with van der Waals surface area (Å²) in [5, 5.41) is 3.95. The van der Waals surface area contributed by atoms with Crippen LogP contribution in [0.15, 0.2) is 53.6 Å². The van der Waals surface area contributed by atoms with Gasteiger partial charge in [0.2, 0.25) is 0 Å². The van der Waals surface area contributed by atoms with Crippen LogP contribution in [0.2, 0.25) is 0 Å². The fourth-order valence-corrected chi connectivity index (χ4v) is 2.07. The minimum atomic E-state index is -0.289. The average Bonchev–Trinajstić information content (AvgIpc) is 2.80. The van der Waals surface area contributed by atoms with Gasteiger partial charge in [-0.05, 0) is 23.8 Å². The van der Waals surface area contributed by atoms with Gasteiger partial charge in [-0.3, -0.25) is 4.79 Å². The third-order valence-electron chi connectivity index (χ3n) is 3.19. The van der Waals surface area contributed by atoms with Crippen LogP contribution < -0.4 is 14.9 Å². The summed E-state index contributed by atoms with van der Waals surface area (Å²) in [5.41, 5.74) is 3.90. The van der Waals surface area contributed by atoms with E-state index in [1.807, 2.05) is 30.3 Å². The molecular formula is C17H16N2O3. The second-order valence-corrected chi connectivity index (χ2v) is 4.82. The third-order valence-corrected chi connectivity index (χ3v) is 3.19. The lowest BCUT2D eigenvalue weighted by Crippen LogP contribution is -2.17. The van der Waals surface area contributed by atoms with E-state index in [0.717, 1.165) is 12.0 Å². The third kappa shape index (κ3) is 3.44. The van der Waals surface area contributed by atoms with Gasteiger partial charge in [0.15, 0.2) is 11.5 Å². The zero-order valence-corrected chi connectivity index (χ0v) is 12.0. The van der Waals surface area contributed by atoms with Crippen molar-refractivity contribution in [3.8, 4) is 11.5 Å². The van der Waals surface area contributed by atoms with Gasteiger partial charge in [0.25, 0.3) is 5.91 Å². The number of nitrogens with one attached hydrogen (secondary N) is 1. The van der Waals surface area contributed by atoms with E-state index in [1.54, 1.807) is 24.4 Å². The van der Waals surface area contributed by atoms with Crippen LogP contribution in [0.1, 0.15) is 22.3 Å². The molecule has 0 bridgehead atoms. The molecule has 0 aromatic heterocycles. The summed E-state index contributed by atoms with van der Waals surface area (Å²) in [6.45, 7) is 1.21. The van der Waals surface area contributed by atoms with Crippen LogP contribution in [-0.4, -0.2) is 25.3 Å². The Balaban J connectivity index is 1.67. The molecule has 5 nitrogen and oxygen atoms in total. The first-order chi connectivity index (χ1) is 10.8. The Kier molecular flexibility index (Phi) is 4.34. The van der Waals surface area contributed by atoms with Crippen LogP contribution >= 0.6 is 0 Å². The molecule has 0 spiro atoms. The number of benzene rings is 2. The molecule has 0 saturated heterocycles. The minimum absolute atomic E-state index is 0.289. The highest BCUT2D eigenvalue weighted by molar-refractivity contribution is 5.95. The van der Waals surface area contributed by atoms with E-state index in [2.05, 4.69) is 10.5 Å². The van der Waals surface area contributed by atoms with E-state index < -0.39 is 0 Å². The van der Waals surface area contributed by atoms with Gasteiger partial charge in [0.1, 0.15) is 0 Å². The molecule has 3 rings (SSSR count). The van der Waals surface area contributed by atoms with Crippen LogP contribution in [0.4, 0.5) is 0 Å². The molecule has 112 valence electrons. The minimum Gasteiger partial charge on any atom is -0.490 e. The molecular weight excluding hydrogens is 280 g/mol. The molecule has 0 saturated carbocycles. The van der Waals surface area contributed by atoms with Gasteiger partial charge in [-0.25, -0.2) is 5.43 Å². The highest BCUT2D eigenvalue weighted by atomic mass is 16.5. The van der Waals surface area contributed by atoms with E-state index in [-0.39, 0.29) is 5.91 Å². The normalized spacial score (nSPS) is 13.6. The van der Waals surface area contributed by atoms with Crippen molar-refractivity contribution >= 4 is 12.1 Å². The predicted octanol–water partition coefficient (Wildman–Crippen LogP) is 2.61. The SMILES string of the molecule is O=C(N/N=C/c1ccccc1)c1ccc2c(c1)OCCCO2. The Hall–Kier alpha value is -2.82. The molecule has 0 aliphatic carbocycles. The van der Waals surface area contributed by atoms with E-state index in [9.17, 15) is 4.79 Å². The number of carbonyl (C=O) groups is 1. The van der Waals surface area contributed by atoms with Crippen LogP contribution in [-0.2, 0) is 0 Å². The lowest BCUT2D eigenvalue weighted by molar-refractivity contribution is 0.0954. The Labute approximate surface area is 128 Å². The van der Waals surface area contributed by atoms with Gasteiger partial charge < -0.3 is 9.47 Å². The Morgan fingerprint density at radius 2 is 1.82 bits per heavy atom. The van der Waals surface area contributed by atoms with Gasteiger partial charge in [0.05, 0.1) is 19.4 Å². The summed E-state index contributed by atoms with van der Waals surface area (Å²) >= 11 is 0. The van der Waals surface area contributed by atoms with Crippen molar-refractivity contribution in [2.75, 3.05) is 13.2 Å². The zero-order chi connectivity index (χ0) is 15.2. The van der Waals surface area contributed by atoms with E-state index in [4.69, 9.17) is 9.47 Å². The van der Waals surface area contributed by atoms with Crippen LogP contribution in [0.25, 0.3) is 0 Å². The van der Waals surface area contributed by atoms with Crippen molar-refractivity contribution in [2.45, 2.75) is 6.42 Å². The summed E-state index contributed by atoms with van der Waals surface area (Å²) in [4.78, 5) is 12.1. The second-order valence-electron chi connectivity index (χ2n) is 4.82. The Bertz CT molecular complexity index is 684. The molecule has 0 atom stereocenters. The molecule has 1 N–H and O–H groups in total. The molecule has 1 heterocycles. The number of carbonyl (C=O) groups excluding carboxylic acids is 1. The molecule has 2 aromatic carbocycles. The van der Waals surface area contributed by atoms with Crippen molar-refractivity contribution < 1.29 is 14.3 Å².